The van der Waals surface area contributed by atoms with E-state index in [1.54, 1.807) is 18.7 Å². The Balaban J connectivity index is 1.92. The van der Waals surface area contributed by atoms with Crippen LogP contribution in [0.3, 0.4) is 0 Å². The summed E-state index contributed by atoms with van der Waals surface area (Å²) in [7, 11) is 1.80. The number of aromatic nitrogens is 2. The van der Waals surface area contributed by atoms with Gasteiger partial charge in [-0.1, -0.05) is 0 Å². The van der Waals surface area contributed by atoms with Crippen molar-refractivity contribution in [2.75, 3.05) is 18.0 Å². The van der Waals surface area contributed by atoms with Gasteiger partial charge in [0.05, 0.1) is 4.92 Å². The van der Waals surface area contributed by atoms with E-state index in [9.17, 15) is 10.1 Å². The average Bonchev–Trinajstić information content (AvgIpc) is 3.01. The first-order chi connectivity index (χ1) is 9.58. The van der Waals surface area contributed by atoms with E-state index in [2.05, 4.69) is 15.3 Å². The molecule has 1 saturated heterocycles. The Morgan fingerprint density at radius 3 is 2.80 bits per heavy atom. The largest absolute Gasteiger partial charge is 0.347 e. The topological polar surface area (TPSA) is 76.2 Å². The lowest BCUT2D eigenvalue weighted by Gasteiger charge is -2.26. The molecule has 2 heterocycles. The van der Waals surface area contributed by atoms with E-state index in [4.69, 9.17) is 0 Å². The highest BCUT2D eigenvalue weighted by Crippen LogP contribution is 2.38. The predicted molar refractivity (Wildman–Crippen MR) is 76.0 cm³/mol. The molecule has 2 fully saturated rings. The van der Waals surface area contributed by atoms with Crippen LogP contribution in [-0.4, -0.2) is 39.9 Å². The summed E-state index contributed by atoms with van der Waals surface area (Å²) in [6.07, 6.45) is 4.58. The Hall–Kier alpha value is -1.63. The quantitative estimate of drug-likeness (QED) is 0.650. The predicted octanol–water partition coefficient (Wildman–Crippen LogP) is 1.36. The molecule has 2 aliphatic rings. The number of hydrogen-bond donors (Lipinski definition) is 1. The van der Waals surface area contributed by atoms with Crippen LogP contribution in [0, 0.1) is 17.0 Å². The lowest BCUT2D eigenvalue weighted by molar-refractivity contribution is -0.384. The Kier molecular flexibility index (Phi) is 3.37. The second-order valence-electron chi connectivity index (χ2n) is 5.82. The summed E-state index contributed by atoms with van der Waals surface area (Å²) in [6, 6.07) is 0.872. The monoisotopic (exact) mass is 279 g/mol. The van der Waals surface area contributed by atoms with Crippen molar-refractivity contribution in [1.82, 2.24) is 15.1 Å². The highest BCUT2D eigenvalue weighted by atomic mass is 16.6. The van der Waals surface area contributed by atoms with Crippen LogP contribution in [0.4, 0.5) is 11.5 Å². The number of anilines is 1. The fraction of sp³-hybridized carbons (Fsp3) is 0.769. The fourth-order valence-corrected chi connectivity index (χ4v) is 3.12. The smallest absolute Gasteiger partial charge is 0.333 e. The van der Waals surface area contributed by atoms with Crippen molar-refractivity contribution in [2.24, 2.45) is 7.05 Å². The fourth-order valence-electron chi connectivity index (χ4n) is 3.12. The molecule has 1 aromatic rings. The van der Waals surface area contributed by atoms with Crippen LogP contribution < -0.4 is 10.2 Å². The zero-order chi connectivity index (χ0) is 14.3. The summed E-state index contributed by atoms with van der Waals surface area (Å²) >= 11 is 0. The van der Waals surface area contributed by atoms with Crippen molar-refractivity contribution in [3.8, 4) is 0 Å². The third-order valence-electron chi connectivity index (χ3n) is 4.18. The molecule has 1 aliphatic carbocycles. The summed E-state index contributed by atoms with van der Waals surface area (Å²) in [5.41, 5.74) is 0.662. The molecule has 3 rings (SSSR count). The number of nitrogens with one attached hydrogen (secondary N) is 1. The molecule has 20 heavy (non-hydrogen) atoms. The van der Waals surface area contributed by atoms with Crippen LogP contribution in [0.15, 0.2) is 0 Å². The molecule has 0 spiro atoms. The molecular formula is C13H21N5O2. The molecule has 1 N–H and O–H groups in total. The SMILES string of the molecule is Cc1nn(C)c(N(CC2CCCN2)C2CC2)c1[N+](=O)[O-]. The summed E-state index contributed by atoms with van der Waals surface area (Å²) < 4.78 is 1.67. The lowest BCUT2D eigenvalue weighted by Crippen LogP contribution is -2.40. The number of hydrogen-bond acceptors (Lipinski definition) is 5. The molecule has 7 nitrogen and oxygen atoms in total. The van der Waals surface area contributed by atoms with Crippen LogP contribution in [0.1, 0.15) is 31.4 Å². The van der Waals surface area contributed by atoms with Gasteiger partial charge < -0.3 is 10.2 Å². The maximum absolute atomic E-state index is 11.4. The first-order valence-electron chi connectivity index (χ1n) is 7.26. The highest BCUT2D eigenvalue weighted by molar-refractivity contribution is 5.62. The second-order valence-corrected chi connectivity index (χ2v) is 5.82. The van der Waals surface area contributed by atoms with E-state index < -0.39 is 0 Å². The van der Waals surface area contributed by atoms with Gasteiger partial charge in [0, 0.05) is 25.7 Å². The van der Waals surface area contributed by atoms with E-state index in [-0.39, 0.29) is 10.6 Å². The number of aryl methyl sites for hydroxylation is 2. The summed E-state index contributed by atoms with van der Waals surface area (Å²) in [5, 5.41) is 19.1. The van der Waals surface area contributed by atoms with Gasteiger partial charge in [-0.3, -0.25) is 10.1 Å². The van der Waals surface area contributed by atoms with Crippen molar-refractivity contribution in [3.05, 3.63) is 15.8 Å². The summed E-state index contributed by atoms with van der Waals surface area (Å²) in [6.45, 7) is 3.60. The molecule has 0 aromatic carbocycles. The van der Waals surface area contributed by atoms with Gasteiger partial charge in [0.1, 0.15) is 5.69 Å². The van der Waals surface area contributed by atoms with Gasteiger partial charge in [-0.05, 0) is 39.2 Å². The van der Waals surface area contributed by atoms with Gasteiger partial charge in [-0.2, -0.15) is 5.10 Å². The first-order valence-corrected chi connectivity index (χ1v) is 7.26. The standard InChI is InChI=1S/C13H21N5O2/c1-9-12(18(19)20)13(16(2)15-9)17(11-5-6-11)8-10-4-3-7-14-10/h10-11,14H,3-8H2,1-2H3. The average molecular weight is 279 g/mol. The van der Waals surface area contributed by atoms with Crippen LogP contribution in [0.25, 0.3) is 0 Å². The van der Waals surface area contributed by atoms with Gasteiger partial charge >= 0.3 is 5.69 Å². The Morgan fingerprint density at radius 2 is 2.25 bits per heavy atom. The van der Waals surface area contributed by atoms with E-state index in [1.807, 2.05) is 0 Å². The van der Waals surface area contributed by atoms with Crippen molar-refractivity contribution in [2.45, 2.75) is 44.7 Å². The molecule has 0 radical (unpaired) electrons. The molecule has 1 saturated carbocycles. The molecule has 0 bridgehead atoms. The van der Waals surface area contributed by atoms with E-state index >= 15 is 0 Å². The van der Waals surface area contributed by atoms with Gasteiger partial charge in [-0.15, -0.1) is 0 Å². The zero-order valence-corrected chi connectivity index (χ0v) is 12.0. The second kappa shape index (κ2) is 5.05. The van der Waals surface area contributed by atoms with E-state index in [1.165, 1.54) is 6.42 Å². The normalized spacial score (nSPS) is 22.2. The van der Waals surface area contributed by atoms with Gasteiger partial charge in [0.25, 0.3) is 0 Å². The third-order valence-corrected chi connectivity index (χ3v) is 4.18. The van der Waals surface area contributed by atoms with Crippen LogP contribution >= 0.6 is 0 Å². The summed E-state index contributed by atoms with van der Waals surface area (Å²) in [4.78, 5) is 13.2. The minimum atomic E-state index is -0.297. The van der Waals surface area contributed by atoms with Gasteiger partial charge in [-0.25, -0.2) is 4.68 Å². The van der Waals surface area contributed by atoms with Crippen molar-refractivity contribution in [1.29, 1.82) is 0 Å². The molecule has 7 heteroatoms. The van der Waals surface area contributed by atoms with E-state index in [0.717, 1.165) is 32.4 Å². The van der Waals surface area contributed by atoms with Gasteiger partial charge in [0.15, 0.2) is 0 Å². The molecule has 1 aliphatic heterocycles. The number of rotatable bonds is 5. The van der Waals surface area contributed by atoms with Crippen molar-refractivity contribution < 1.29 is 4.92 Å². The Bertz CT molecular complexity index is 517. The lowest BCUT2D eigenvalue weighted by atomic mass is 10.2. The molecular weight excluding hydrogens is 258 g/mol. The molecule has 1 unspecified atom stereocenters. The maximum Gasteiger partial charge on any atom is 0.333 e. The molecule has 1 aromatic heterocycles. The number of nitrogens with zero attached hydrogens (tertiary/aromatic N) is 4. The van der Waals surface area contributed by atoms with Crippen LogP contribution in [0.5, 0.6) is 0 Å². The first kappa shape index (κ1) is 13.4. The zero-order valence-electron chi connectivity index (χ0n) is 12.0. The van der Waals surface area contributed by atoms with E-state index in [0.29, 0.717) is 23.6 Å². The highest BCUT2D eigenvalue weighted by Gasteiger charge is 2.38. The van der Waals surface area contributed by atoms with Crippen LogP contribution in [0.2, 0.25) is 0 Å². The third kappa shape index (κ3) is 2.37. The number of nitro groups is 1. The van der Waals surface area contributed by atoms with Crippen molar-refractivity contribution >= 4 is 11.5 Å². The Labute approximate surface area is 118 Å². The van der Waals surface area contributed by atoms with Crippen molar-refractivity contribution in [3.63, 3.8) is 0 Å². The Morgan fingerprint density at radius 1 is 1.50 bits per heavy atom. The minimum Gasteiger partial charge on any atom is -0.347 e. The minimum absolute atomic E-state index is 0.164. The summed E-state index contributed by atoms with van der Waals surface area (Å²) in [5.74, 6) is 0.670. The maximum atomic E-state index is 11.4. The van der Waals surface area contributed by atoms with Crippen LogP contribution in [-0.2, 0) is 7.05 Å². The van der Waals surface area contributed by atoms with Gasteiger partial charge in [0.2, 0.25) is 5.82 Å². The molecule has 1 atom stereocenters. The molecule has 0 amide bonds. The molecule has 110 valence electrons.